The summed E-state index contributed by atoms with van der Waals surface area (Å²) < 4.78 is 5.81. The number of carboxylic acid groups (broad SMARTS) is 1. The van der Waals surface area contributed by atoms with E-state index in [1.165, 1.54) is 0 Å². The number of ether oxygens (including phenoxy) is 1. The summed E-state index contributed by atoms with van der Waals surface area (Å²) in [6, 6.07) is 14.4. The van der Waals surface area contributed by atoms with E-state index in [-0.39, 0.29) is 0 Å². The number of aliphatic carboxylic acids is 1. The topological polar surface area (TPSA) is 61.8 Å². The molecule has 0 aromatic heterocycles. The molecule has 5 heteroatoms. The quantitative estimate of drug-likeness (QED) is 0.856. The fourth-order valence-electron chi connectivity index (χ4n) is 1.89. The predicted octanol–water partition coefficient (Wildman–Crippen LogP) is 3.43. The Kier molecular flexibility index (Phi) is 4.88. The second-order valence-electron chi connectivity index (χ2n) is 5.22. The Morgan fingerprint density at radius 3 is 2.41 bits per heavy atom. The van der Waals surface area contributed by atoms with E-state index in [1.807, 2.05) is 43.3 Å². The molecule has 1 unspecified atom stereocenters. The van der Waals surface area contributed by atoms with Gasteiger partial charge in [0, 0.05) is 31.5 Å². The molecule has 2 rings (SSSR count). The summed E-state index contributed by atoms with van der Waals surface area (Å²) >= 11 is 0. The number of anilines is 2. The number of hydrogen-bond acceptors (Lipinski definition) is 4. The maximum Gasteiger partial charge on any atom is 0.325 e. The van der Waals surface area contributed by atoms with Gasteiger partial charge in [0.2, 0.25) is 0 Å². The van der Waals surface area contributed by atoms with Crippen LogP contribution in [-0.2, 0) is 4.79 Å². The molecule has 0 bridgehead atoms. The number of nitrogens with zero attached hydrogens (tertiary/aromatic N) is 1. The van der Waals surface area contributed by atoms with Gasteiger partial charge < -0.3 is 20.1 Å². The van der Waals surface area contributed by atoms with Crippen molar-refractivity contribution in [1.29, 1.82) is 0 Å². The maximum atomic E-state index is 10.8. The minimum atomic E-state index is -0.888. The van der Waals surface area contributed by atoms with Crippen molar-refractivity contribution in [3.8, 4) is 11.5 Å². The molecule has 2 aromatic carbocycles. The zero-order valence-corrected chi connectivity index (χ0v) is 12.9. The van der Waals surface area contributed by atoms with Crippen LogP contribution in [0.5, 0.6) is 11.5 Å². The molecule has 0 radical (unpaired) electrons. The fourth-order valence-corrected chi connectivity index (χ4v) is 1.89. The molecule has 0 spiro atoms. The summed E-state index contributed by atoms with van der Waals surface area (Å²) in [5.74, 6) is 0.566. The number of benzene rings is 2. The van der Waals surface area contributed by atoms with E-state index >= 15 is 0 Å². The third-order valence-electron chi connectivity index (χ3n) is 3.18. The minimum absolute atomic E-state index is 0.636. The summed E-state index contributed by atoms with van der Waals surface area (Å²) in [4.78, 5) is 12.8. The smallest absolute Gasteiger partial charge is 0.325 e. The first-order valence-electron chi connectivity index (χ1n) is 7.00. The van der Waals surface area contributed by atoms with Gasteiger partial charge in [-0.25, -0.2) is 0 Å². The van der Waals surface area contributed by atoms with E-state index in [9.17, 15) is 4.79 Å². The van der Waals surface area contributed by atoms with Crippen molar-refractivity contribution in [2.75, 3.05) is 24.3 Å². The average Bonchev–Trinajstić information content (AvgIpc) is 2.49. The van der Waals surface area contributed by atoms with Gasteiger partial charge in [-0.3, -0.25) is 4.79 Å². The van der Waals surface area contributed by atoms with Crippen LogP contribution in [0.1, 0.15) is 6.92 Å². The van der Waals surface area contributed by atoms with E-state index < -0.39 is 12.0 Å². The van der Waals surface area contributed by atoms with E-state index in [4.69, 9.17) is 9.84 Å². The number of carbonyl (C=O) groups is 1. The van der Waals surface area contributed by atoms with Crippen molar-refractivity contribution in [1.82, 2.24) is 0 Å². The lowest BCUT2D eigenvalue weighted by molar-refractivity contribution is -0.137. The molecule has 2 aromatic rings. The molecule has 116 valence electrons. The van der Waals surface area contributed by atoms with Crippen LogP contribution in [0.2, 0.25) is 0 Å². The molecular formula is C17H20N2O3. The van der Waals surface area contributed by atoms with Crippen LogP contribution in [0.3, 0.4) is 0 Å². The highest BCUT2D eigenvalue weighted by Crippen LogP contribution is 2.26. The third kappa shape index (κ3) is 4.15. The van der Waals surface area contributed by atoms with Crippen molar-refractivity contribution < 1.29 is 14.6 Å². The van der Waals surface area contributed by atoms with Gasteiger partial charge in [-0.05, 0) is 43.3 Å². The summed E-state index contributed by atoms with van der Waals surface area (Å²) in [5, 5.41) is 11.8. The van der Waals surface area contributed by atoms with Crippen LogP contribution in [0.15, 0.2) is 48.5 Å². The molecule has 22 heavy (non-hydrogen) atoms. The summed E-state index contributed by atoms with van der Waals surface area (Å²) in [7, 11) is 3.95. The molecule has 1 atom stereocenters. The molecule has 0 saturated heterocycles. The Morgan fingerprint density at radius 1 is 1.14 bits per heavy atom. The Labute approximate surface area is 130 Å². The second-order valence-corrected chi connectivity index (χ2v) is 5.22. The molecule has 2 N–H and O–H groups in total. The first-order valence-corrected chi connectivity index (χ1v) is 7.00. The number of nitrogens with one attached hydrogen (secondary N) is 1. The molecule has 0 aliphatic carbocycles. The standard InChI is InChI=1S/C17H20N2O3/c1-12(17(20)21)18-13-7-9-15(10-8-13)22-16-6-4-5-14(11-16)19(2)3/h4-12,18H,1-3H3,(H,20,21). The molecule has 0 saturated carbocycles. The van der Waals surface area contributed by atoms with Gasteiger partial charge in [-0.2, -0.15) is 0 Å². The molecule has 0 fully saturated rings. The van der Waals surface area contributed by atoms with Crippen LogP contribution < -0.4 is 15.0 Å². The van der Waals surface area contributed by atoms with Crippen LogP contribution in [0, 0.1) is 0 Å². The van der Waals surface area contributed by atoms with Crippen molar-refractivity contribution in [3.05, 3.63) is 48.5 Å². The number of rotatable bonds is 6. The highest BCUT2D eigenvalue weighted by molar-refractivity contribution is 5.76. The largest absolute Gasteiger partial charge is 0.480 e. The average molecular weight is 300 g/mol. The predicted molar refractivity (Wildman–Crippen MR) is 88.0 cm³/mol. The van der Waals surface area contributed by atoms with E-state index in [2.05, 4.69) is 5.32 Å². The molecule has 0 aliphatic heterocycles. The van der Waals surface area contributed by atoms with Gasteiger partial charge in [-0.1, -0.05) is 6.07 Å². The third-order valence-corrected chi connectivity index (χ3v) is 3.18. The summed E-state index contributed by atoms with van der Waals surface area (Å²) in [6.07, 6.45) is 0. The maximum absolute atomic E-state index is 10.8. The van der Waals surface area contributed by atoms with Crippen LogP contribution in [0.4, 0.5) is 11.4 Å². The number of hydrogen-bond donors (Lipinski definition) is 2. The molecule has 0 amide bonds. The zero-order chi connectivity index (χ0) is 16.1. The van der Waals surface area contributed by atoms with E-state index in [0.29, 0.717) is 5.75 Å². The van der Waals surface area contributed by atoms with Gasteiger partial charge >= 0.3 is 5.97 Å². The number of carboxylic acids is 1. The highest BCUT2D eigenvalue weighted by atomic mass is 16.5. The van der Waals surface area contributed by atoms with Gasteiger partial charge in [0.25, 0.3) is 0 Å². The van der Waals surface area contributed by atoms with Gasteiger partial charge in [0.05, 0.1) is 0 Å². The highest BCUT2D eigenvalue weighted by Gasteiger charge is 2.09. The van der Waals surface area contributed by atoms with Crippen molar-refractivity contribution in [2.24, 2.45) is 0 Å². The van der Waals surface area contributed by atoms with Crippen LogP contribution >= 0.6 is 0 Å². The fraction of sp³-hybridized carbons (Fsp3) is 0.235. The zero-order valence-electron chi connectivity index (χ0n) is 12.9. The molecular weight excluding hydrogens is 280 g/mol. The van der Waals surface area contributed by atoms with Gasteiger partial charge in [0.15, 0.2) is 0 Å². The lowest BCUT2D eigenvalue weighted by Gasteiger charge is -2.14. The normalized spacial score (nSPS) is 11.6. The lowest BCUT2D eigenvalue weighted by atomic mass is 10.2. The van der Waals surface area contributed by atoms with E-state index in [0.717, 1.165) is 17.1 Å². The van der Waals surface area contributed by atoms with Crippen molar-refractivity contribution >= 4 is 17.3 Å². The minimum Gasteiger partial charge on any atom is -0.480 e. The summed E-state index contributed by atoms with van der Waals surface area (Å²) in [5.41, 5.74) is 1.80. The van der Waals surface area contributed by atoms with E-state index in [1.54, 1.807) is 31.2 Å². The monoisotopic (exact) mass is 300 g/mol. The summed E-state index contributed by atoms with van der Waals surface area (Å²) in [6.45, 7) is 1.60. The molecule has 0 heterocycles. The van der Waals surface area contributed by atoms with Crippen molar-refractivity contribution in [2.45, 2.75) is 13.0 Å². The van der Waals surface area contributed by atoms with Gasteiger partial charge in [-0.15, -0.1) is 0 Å². The second kappa shape index (κ2) is 6.85. The SMILES string of the molecule is CC(Nc1ccc(Oc2cccc(N(C)C)c2)cc1)C(=O)O. The van der Waals surface area contributed by atoms with Crippen molar-refractivity contribution in [3.63, 3.8) is 0 Å². The van der Waals surface area contributed by atoms with Crippen LogP contribution in [0.25, 0.3) is 0 Å². The Bertz CT molecular complexity index is 639. The Morgan fingerprint density at radius 2 is 1.82 bits per heavy atom. The lowest BCUT2D eigenvalue weighted by Crippen LogP contribution is -2.25. The Balaban J connectivity index is 2.05. The Hall–Kier alpha value is -2.69. The molecule has 0 aliphatic rings. The first kappa shape index (κ1) is 15.7. The first-order chi connectivity index (χ1) is 10.5. The van der Waals surface area contributed by atoms with Gasteiger partial charge in [0.1, 0.15) is 17.5 Å². The molecule has 5 nitrogen and oxygen atoms in total. The van der Waals surface area contributed by atoms with Crippen LogP contribution in [-0.4, -0.2) is 31.2 Å².